The molecule has 1 atom stereocenters. The zero-order valence-corrected chi connectivity index (χ0v) is 11.5. The van der Waals surface area contributed by atoms with Crippen LogP contribution in [-0.2, 0) is 0 Å². The second-order valence-electron chi connectivity index (χ2n) is 4.19. The van der Waals surface area contributed by atoms with Crippen molar-refractivity contribution in [1.82, 2.24) is 10.3 Å². The van der Waals surface area contributed by atoms with Crippen molar-refractivity contribution in [2.75, 3.05) is 6.54 Å². The van der Waals surface area contributed by atoms with Crippen LogP contribution in [0.5, 0.6) is 0 Å². The van der Waals surface area contributed by atoms with Crippen LogP contribution < -0.4 is 5.32 Å². The zero-order chi connectivity index (χ0) is 12.1. The maximum atomic E-state index is 4.60. The van der Waals surface area contributed by atoms with Crippen LogP contribution >= 0.6 is 11.3 Å². The highest BCUT2D eigenvalue weighted by Gasteiger charge is 2.14. The van der Waals surface area contributed by atoms with Crippen molar-refractivity contribution < 1.29 is 0 Å². The van der Waals surface area contributed by atoms with Crippen molar-refractivity contribution in [3.63, 3.8) is 0 Å². The second-order valence-corrected chi connectivity index (χ2v) is 5.25. The van der Waals surface area contributed by atoms with E-state index in [2.05, 4.69) is 49.8 Å². The second kappa shape index (κ2) is 6.03. The summed E-state index contributed by atoms with van der Waals surface area (Å²) in [7, 11) is 0. The molecular weight excluding hydrogens is 216 g/mol. The molecule has 3 heteroatoms. The van der Waals surface area contributed by atoms with E-state index < -0.39 is 0 Å². The van der Waals surface area contributed by atoms with Gasteiger partial charge in [-0.3, -0.25) is 5.32 Å². The third-order valence-corrected chi connectivity index (χ3v) is 4.05. The molecular formula is C13H20N2S. The third kappa shape index (κ3) is 3.33. The molecule has 1 aromatic rings. The lowest BCUT2D eigenvalue weighted by Gasteiger charge is -2.09. The van der Waals surface area contributed by atoms with Gasteiger partial charge in [0.1, 0.15) is 0 Å². The van der Waals surface area contributed by atoms with E-state index in [4.69, 9.17) is 0 Å². The lowest BCUT2D eigenvalue weighted by Crippen LogP contribution is -2.18. The van der Waals surface area contributed by atoms with Crippen LogP contribution in [0, 0.1) is 18.8 Å². The molecule has 0 aromatic carbocycles. The van der Waals surface area contributed by atoms with Gasteiger partial charge in [-0.05, 0) is 20.8 Å². The number of aryl methyl sites for hydroxylation is 1. The highest BCUT2D eigenvalue weighted by molar-refractivity contribution is 7.11. The van der Waals surface area contributed by atoms with Gasteiger partial charge in [0.2, 0.25) is 0 Å². The summed E-state index contributed by atoms with van der Waals surface area (Å²) in [5, 5.41) is 4.61. The standard InChI is InChI=1S/C13H20N2S/c1-6-7-8-14-10(4)12-11(5)15-13(16-12)9(2)3/h9-10,14H,8H2,1-5H3. The smallest absolute Gasteiger partial charge is 0.0956 e. The van der Waals surface area contributed by atoms with Gasteiger partial charge >= 0.3 is 0 Å². The lowest BCUT2D eigenvalue weighted by atomic mass is 10.2. The summed E-state index contributed by atoms with van der Waals surface area (Å²) in [4.78, 5) is 5.94. The van der Waals surface area contributed by atoms with Crippen molar-refractivity contribution in [1.29, 1.82) is 0 Å². The highest BCUT2D eigenvalue weighted by atomic mass is 32.1. The summed E-state index contributed by atoms with van der Waals surface area (Å²) >= 11 is 1.81. The fourth-order valence-corrected chi connectivity index (χ4v) is 2.56. The Bertz CT molecular complexity index is 396. The molecule has 0 saturated carbocycles. The minimum atomic E-state index is 0.339. The minimum absolute atomic E-state index is 0.339. The molecule has 0 amide bonds. The van der Waals surface area contributed by atoms with E-state index in [1.807, 2.05) is 18.3 Å². The SMILES string of the molecule is CC#CCNC(C)c1sc(C(C)C)nc1C. The Morgan fingerprint density at radius 3 is 2.56 bits per heavy atom. The van der Waals surface area contributed by atoms with Gasteiger partial charge in [0, 0.05) is 16.8 Å². The maximum Gasteiger partial charge on any atom is 0.0956 e. The predicted octanol–water partition coefficient (Wildman–Crippen LogP) is 3.25. The predicted molar refractivity (Wildman–Crippen MR) is 70.8 cm³/mol. The molecule has 1 rings (SSSR count). The quantitative estimate of drug-likeness (QED) is 0.812. The van der Waals surface area contributed by atoms with Gasteiger partial charge in [0.25, 0.3) is 0 Å². The van der Waals surface area contributed by atoms with E-state index in [0.717, 1.165) is 12.2 Å². The summed E-state index contributed by atoms with van der Waals surface area (Å²) in [5.41, 5.74) is 1.15. The van der Waals surface area contributed by atoms with Gasteiger partial charge in [-0.25, -0.2) is 4.98 Å². The number of rotatable bonds is 4. The van der Waals surface area contributed by atoms with Crippen molar-refractivity contribution in [2.45, 2.75) is 46.6 Å². The Kier molecular flexibility index (Phi) is 4.98. The van der Waals surface area contributed by atoms with Gasteiger partial charge in [-0.2, -0.15) is 0 Å². The molecule has 0 aliphatic carbocycles. The van der Waals surface area contributed by atoms with Gasteiger partial charge in [0.05, 0.1) is 17.2 Å². The molecule has 1 unspecified atom stereocenters. The fraction of sp³-hybridized carbons (Fsp3) is 0.615. The Labute approximate surface area is 102 Å². The van der Waals surface area contributed by atoms with Crippen LogP contribution in [0.1, 0.15) is 55.2 Å². The van der Waals surface area contributed by atoms with Crippen LogP contribution in [0.3, 0.4) is 0 Å². The first-order valence-corrected chi connectivity index (χ1v) is 6.48. The van der Waals surface area contributed by atoms with Gasteiger partial charge in [-0.15, -0.1) is 17.3 Å². The molecule has 16 heavy (non-hydrogen) atoms. The minimum Gasteiger partial charge on any atom is -0.299 e. The van der Waals surface area contributed by atoms with E-state index in [-0.39, 0.29) is 0 Å². The average molecular weight is 236 g/mol. The number of nitrogens with zero attached hydrogens (tertiary/aromatic N) is 1. The summed E-state index contributed by atoms with van der Waals surface area (Å²) in [6, 6.07) is 0.339. The number of nitrogens with one attached hydrogen (secondary N) is 1. The third-order valence-electron chi connectivity index (χ3n) is 2.41. The normalized spacial score (nSPS) is 12.4. The molecule has 0 bridgehead atoms. The molecule has 0 spiro atoms. The molecule has 1 N–H and O–H groups in total. The number of thiazole rings is 1. The average Bonchev–Trinajstić information content (AvgIpc) is 2.61. The first kappa shape index (κ1) is 13.2. The van der Waals surface area contributed by atoms with E-state index in [1.54, 1.807) is 0 Å². The Balaban J connectivity index is 2.73. The highest BCUT2D eigenvalue weighted by Crippen LogP contribution is 2.28. The zero-order valence-electron chi connectivity index (χ0n) is 10.7. The molecule has 0 radical (unpaired) electrons. The molecule has 0 aliphatic rings. The largest absolute Gasteiger partial charge is 0.299 e. The first-order valence-electron chi connectivity index (χ1n) is 5.66. The Hall–Kier alpha value is -0.850. The topological polar surface area (TPSA) is 24.9 Å². The monoisotopic (exact) mass is 236 g/mol. The molecule has 0 saturated heterocycles. The van der Waals surface area contributed by atoms with Gasteiger partial charge in [-0.1, -0.05) is 19.8 Å². The molecule has 0 aliphatic heterocycles. The molecule has 1 aromatic heterocycles. The van der Waals surface area contributed by atoms with E-state index in [1.165, 1.54) is 9.88 Å². The Morgan fingerprint density at radius 2 is 2.06 bits per heavy atom. The van der Waals surface area contributed by atoms with E-state index >= 15 is 0 Å². The van der Waals surface area contributed by atoms with Crippen LogP contribution in [0.2, 0.25) is 0 Å². The van der Waals surface area contributed by atoms with Crippen LogP contribution in [-0.4, -0.2) is 11.5 Å². The number of hydrogen-bond donors (Lipinski definition) is 1. The van der Waals surface area contributed by atoms with Crippen molar-refractivity contribution in [3.8, 4) is 11.8 Å². The first-order chi connectivity index (χ1) is 7.56. The number of hydrogen-bond acceptors (Lipinski definition) is 3. The summed E-state index contributed by atoms with van der Waals surface area (Å²) in [6.07, 6.45) is 0. The van der Waals surface area contributed by atoms with Gasteiger partial charge in [0.15, 0.2) is 0 Å². The Morgan fingerprint density at radius 1 is 1.38 bits per heavy atom. The van der Waals surface area contributed by atoms with Gasteiger partial charge < -0.3 is 0 Å². The van der Waals surface area contributed by atoms with Crippen molar-refractivity contribution in [3.05, 3.63) is 15.6 Å². The lowest BCUT2D eigenvalue weighted by molar-refractivity contribution is 0.628. The fourth-order valence-electron chi connectivity index (χ4n) is 1.46. The van der Waals surface area contributed by atoms with Crippen LogP contribution in [0.15, 0.2) is 0 Å². The molecule has 0 fully saturated rings. The molecule has 1 heterocycles. The summed E-state index contributed by atoms with van der Waals surface area (Å²) < 4.78 is 0. The van der Waals surface area contributed by atoms with Crippen molar-refractivity contribution in [2.24, 2.45) is 0 Å². The number of aromatic nitrogens is 1. The van der Waals surface area contributed by atoms with Crippen LogP contribution in [0.4, 0.5) is 0 Å². The summed E-state index contributed by atoms with van der Waals surface area (Å²) in [6.45, 7) is 11.2. The molecule has 88 valence electrons. The van der Waals surface area contributed by atoms with E-state index in [9.17, 15) is 0 Å². The van der Waals surface area contributed by atoms with Crippen molar-refractivity contribution >= 4 is 11.3 Å². The molecule has 2 nitrogen and oxygen atoms in total. The van der Waals surface area contributed by atoms with Crippen LogP contribution in [0.25, 0.3) is 0 Å². The summed E-state index contributed by atoms with van der Waals surface area (Å²) in [5.74, 6) is 6.42. The van der Waals surface area contributed by atoms with E-state index in [0.29, 0.717) is 12.0 Å². The maximum absolute atomic E-state index is 4.60.